The molecule has 124 valence electrons. The maximum Gasteiger partial charge on any atom is 0.314 e. The molecule has 0 unspecified atom stereocenters. The molecule has 0 aromatic carbocycles. The van der Waals surface area contributed by atoms with Gasteiger partial charge in [-0.3, -0.25) is 9.59 Å². The normalized spacial score (nSPS) is 9.55. The molecule has 7 nitrogen and oxygen atoms in total. The number of amides is 4. The monoisotopic (exact) mass is 310 g/mol. The number of hydrogen-bond acceptors (Lipinski definition) is 3. The van der Waals surface area contributed by atoms with Crippen molar-refractivity contribution in [2.45, 2.75) is 12.8 Å². The molecule has 0 aliphatic heterocycles. The lowest BCUT2D eigenvalue weighted by atomic mass is 10.3. The molecule has 0 saturated heterocycles. The van der Waals surface area contributed by atoms with Crippen molar-refractivity contribution in [3.8, 4) is 0 Å². The van der Waals surface area contributed by atoms with Crippen LogP contribution < -0.4 is 10.6 Å². The van der Waals surface area contributed by atoms with Crippen molar-refractivity contribution in [1.29, 1.82) is 0 Å². The molecule has 0 atom stereocenters. The summed E-state index contributed by atoms with van der Waals surface area (Å²) in [5.41, 5.74) is 0. The van der Waals surface area contributed by atoms with Crippen LogP contribution in [0, 0.1) is 0 Å². The minimum atomic E-state index is -0.254. The van der Waals surface area contributed by atoms with E-state index in [-0.39, 0.29) is 17.8 Å². The van der Waals surface area contributed by atoms with Gasteiger partial charge in [-0.25, -0.2) is 4.79 Å². The van der Waals surface area contributed by atoms with Crippen LogP contribution in [0.5, 0.6) is 0 Å². The fraction of sp³-hybridized carbons (Fsp3) is 0.533. The molecule has 0 saturated carbocycles. The van der Waals surface area contributed by atoms with E-state index in [0.717, 1.165) is 0 Å². The second kappa shape index (κ2) is 11.4. The first-order valence-corrected chi connectivity index (χ1v) is 7.19. The van der Waals surface area contributed by atoms with Gasteiger partial charge >= 0.3 is 6.03 Å². The van der Waals surface area contributed by atoms with Gasteiger partial charge in [-0.1, -0.05) is 13.2 Å². The van der Waals surface area contributed by atoms with Gasteiger partial charge in [0.25, 0.3) is 0 Å². The number of rotatable bonds is 10. The summed E-state index contributed by atoms with van der Waals surface area (Å²) in [4.78, 5) is 37.0. The van der Waals surface area contributed by atoms with Crippen molar-refractivity contribution < 1.29 is 14.4 Å². The summed E-state index contributed by atoms with van der Waals surface area (Å²) in [5.74, 6) is -0.273. The summed E-state index contributed by atoms with van der Waals surface area (Å²) in [6.45, 7) is 8.89. The zero-order valence-electron chi connectivity index (χ0n) is 13.4. The summed E-state index contributed by atoms with van der Waals surface area (Å²) in [5, 5.41) is 5.41. The smallest absolute Gasteiger partial charge is 0.314 e. The second-order valence-corrected chi connectivity index (χ2v) is 4.82. The van der Waals surface area contributed by atoms with Crippen LogP contribution in [0.15, 0.2) is 25.3 Å². The van der Waals surface area contributed by atoms with Crippen LogP contribution in [0.4, 0.5) is 4.79 Å². The molecular formula is C15H26N4O3. The molecule has 0 heterocycles. The van der Waals surface area contributed by atoms with E-state index >= 15 is 0 Å². The number of nitrogens with one attached hydrogen (secondary N) is 2. The Hall–Kier alpha value is -2.31. The number of hydrogen-bond donors (Lipinski definition) is 2. The van der Waals surface area contributed by atoms with Crippen molar-refractivity contribution in [3.63, 3.8) is 0 Å². The van der Waals surface area contributed by atoms with Crippen molar-refractivity contribution in [1.82, 2.24) is 20.4 Å². The molecule has 2 N–H and O–H groups in total. The topological polar surface area (TPSA) is 81.8 Å². The number of carbonyl (C=O) groups excluding carboxylic acids is 3. The lowest BCUT2D eigenvalue weighted by molar-refractivity contribution is -0.125. The van der Waals surface area contributed by atoms with E-state index in [1.807, 2.05) is 0 Å². The van der Waals surface area contributed by atoms with E-state index in [4.69, 9.17) is 0 Å². The molecule has 0 rings (SSSR count). The Morgan fingerprint density at radius 1 is 0.864 bits per heavy atom. The molecular weight excluding hydrogens is 284 g/mol. The fourth-order valence-electron chi connectivity index (χ4n) is 1.63. The zero-order valence-corrected chi connectivity index (χ0v) is 13.4. The largest absolute Gasteiger partial charge is 0.342 e. The van der Waals surface area contributed by atoms with Crippen molar-refractivity contribution in [2.24, 2.45) is 0 Å². The Morgan fingerprint density at radius 2 is 1.23 bits per heavy atom. The molecule has 0 bridgehead atoms. The van der Waals surface area contributed by atoms with Crippen LogP contribution in [-0.4, -0.2) is 67.9 Å². The summed E-state index contributed by atoms with van der Waals surface area (Å²) in [7, 11) is 3.37. The lowest BCUT2D eigenvalue weighted by Gasteiger charge is -2.16. The maximum atomic E-state index is 11.5. The van der Waals surface area contributed by atoms with Crippen LogP contribution in [0.3, 0.4) is 0 Å². The molecule has 0 aliphatic carbocycles. The summed E-state index contributed by atoms with van der Waals surface area (Å²) in [6.07, 6.45) is 3.85. The van der Waals surface area contributed by atoms with E-state index in [9.17, 15) is 14.4 Å². The highest BCUT2D eigenvalue weighted by atomic mass is 16.2. The van der Waals surface area contributed by atoms with Gasteiger partial charge in [0, 0.05) is 40.3 Å². The standard InChI is InChI=1S/C15H26N4O3/c1-5-13(20)18(3)11-7-9-16-15(22)17-10-8-12-19(4)14(21)6-2/h5-6H,1-2,7-12H2,3-4H3,(H2,16,17,22). The molecule has 0 fully saturated rings. The highest BCUT2D eigenvalue weighted by Crippen LogP contribution is 1.90. The Labute approximate surface area is 132 Å². The van der Waals surface area contributed by atoms with E-state index < -0.39 is 0 Å². The molecule has 4 amide bonds. The average Bonchev–Trinajstić information content (AvgIpc) is 2.53. The summed E-state index contributed by atoms with van der Waals surface area (Å²) < 4.78 is 0. The van der Waals surface area contributed by atoms with Gasteiger partial charge < -0.3 is 20.4 Å². The fourth-order valence-corrected chi connectivity index (χ4v) is 1.63. The van der Waals surface area contributed by atoms with Crippen LogP contribution in [0.2, 0.25) is 0 Å². The number of nitrogens with zero attached hydrogens (tertiary/aromatic N) is 2. The third-order valence-corrected chi connectivity index (χ3v) is 3.01. The van der Waals surface area contributed by atoms with Crippen LogP contribution in [-0.2, 0) is 9.59 Å². The lowest BCUT2D eigenvalue weighted by Crippen LogP contribution is -2.38. The Balaban J connectivity index is 3.62. The van der Waals surface area contributed by atoms with Crippen LogP contribution in [0.1, 0.15) is 12.8 Å². The summed E-state index contributed by atoms with van der Waals surface area (Å²) >= 11 is 0. The van der Waals surface area contributed by atoms with Crippen molar-refractivity contribution >= 4 is 17.8 Å². The first-order valence-electron chi connectivity index (χ1n) is 7.19. The predicted molar refractivity (Wildman–Crippen MR) is 86.3 cm³/mol. The minimum absolute atomic E-state index is 0.136. The van der Waals surface area contributed by atoms with Crippen molar-refractivity contribution in [3.05, 3.63) is 25.3 Å². The molecule has 0 spiro atoms. The number of carbonyl (C=O) groups is 3. The Morgan fingerprint density at radius 3 is 1.55 bits per heavy atom. The van der Waals surface area contributed by atoms with Gasteiger partial charge in [0.15, 0.2) is 0 Å². The van der Waals surface area contributed by atoms with E-state index in [1.165, 1.54) is 12.2 Å². The third-order valence-electron chi connectivity index (χ3n) is 3.01. The second-order valence-electron chi connectivity index (χ2n) is 4.82. The van der Waals surface area contributed by atoms with E-state index in [2.05, 4.69) is 23.8 Å². The number of likely N-dealkylation sites (N-methyl/N-ethyl adjacent to an activating group) is 2. The van der Waals surface area contributed by atoms with Crippen molar-refractivity contribution in [2.75, 3.05) is 40.3 Å². The molecule has 0 aliphatic rings. The number of urea groups is 1. The third kappa shape index (κ3) is 8.78. The molecule has 7 heteroatoms. The van der Waals surface area contributed by atoms with Gasteiger partial charge in [0.05, 0.1) is 0 Å². The first-order chi connectivity index (χ1) is 10.4. The van der Waals surface area contributed by atoms with E-state index in [1.54, 1.807) is 23.9 Å². The van der Waals surface area contributed by atoms with Crippen LogP contribution >= 0.6 is 0 Å². The van der Waals surface area contributed by atoms with E-state index in [0.29, 0.717) is 39.0 Å². The van der Waals surface area contributed by atoms with Crippen LogP contribution in [0.25, 0.3) is 0 Å². The zero-order chi connectivity index (χ0) is 17.0. The molecule has 0 radical (unpaired) electrons. The average molecular weight is 310 g/mol. The van der Waals surface area contributed by atoms with Gasteiger partial charge in [-0.15, -0.1) is 0 Å². The van der Waals surface area contributed by atoms with Gasteiger partial charge in [-0.05, 0) is 25.0 Å². The Kier molecular flexibility index (Phi) is 10.2. The Bertz CT molecular complexity index is 374. The molecule has 22 heavy (non-hydrogen) atoms. The SMILES string of the molecule is C=CC(=O)N(C)CCCNC(=O)NCCCN(C)C(=O)C=C. The summed E-state index contributed by atoms with van der Waals surface area (Å²) in [6, 6.07) is -0.254. The van der Waals surface area contributed by atoms with Gasteiger partial charge in [0.1, 0.15) is 0 Å². The highest BCUT2D eigenvalue weighted by Gasteiger charge is 2.05. The molecule has 0 aromatic heterocycles. The minimum Gasteiger partial charge on any atom is -0.342 e. The maximum absolute atomic E-state index is 11.5. The van der Waals surface area contributed by atoms with Gasteiger partial charge in [0.2, 0.25) is 11.8 Å². The predicted octanol–water partition coefficient (Wildman–Crippen LogP) is 0.355. The molecule has 0 aromatic rings. The highest BCUT2D eigenvalue weighted by molar-refractivity contribution is 5.87. The van der Waals surface area contributed by atoms with Gasteiger partial charge in [-0.2, -0.15) is 0 Å². The quantitative estimate of drug-likeness (QED) is 0.451. The first kappa shape index (κ1) is 19.7.